The lowest BCUT2D eigenvalue weighted by Gasteiger charge is -2.06. The van der Waals surface area contributed by atoms with Gasteiger partial charge in [-0.1, -0.05) is 19.4 Å². The van der Waals surface area contributed by atoms with E-state index in [1.54, 1.807) is 12.1 Å². The molecular weight excluding hydrogens is 262 g/mol. The van der Waals surface area contributed by atoms with Gasteiger partial charge in [0.2, 0.25) is 0 Å². The highest BCUT2D eigenvalue weighted by Gasteiger charge is 2.15. The molecule has 4 nitrogen and oxygen atoms in total. The second-order valence-electron chi connectivity index (χ2n) is 3.05. The summed E-state index contributed by atoms with van der Waals surface area (Å²) in [5, 5.41) is 10.6. The summed E-state index contributed by atoms with van der Waals surface area (Å²) in [5.74, 6) is 0.526. The van der Waals surface area contributed by atoms with Crippen LogP contribution in [0.15, 0.2) is 22.7 Å². The second-order valence-corrected chi connectivity index (χ2v) is 3.84. The van der Waals surface area contributed by atoms with Crippen molar-refractivity contribution in [1.82, 2.24) is 0 Å². The molecule has 0 heterocycles. The fourth-order valence-corrected chi connectivity index (χ4v) is 1.60. The number of hydrogen-bond acceptors (Lipinski definition) is 3. The smallest absolute Gasteiger partial charge is 0.287 e. The lowest BCUT2D eigenvalue weighted by atomic mass is 10.3. The molecule has 0 atom stereocenters. The molecule has 0 aromatic heterocycles. The maximum Gasteiger partial charge on any atom is 0.287 e. The summed E-state index contributed by atoms with van der Waals surface area (Å²) >= 11 is 3.17. The summed E-state index contributed by atoms with van der Waals surface area (Å²) in [6.45, 7) is 2.64. The average Bonchev–Trinajstić information content (AvgIpc) is 2.20. The number of nitrogens with zero attached hydrogens (tertiary/aromatic N) is 1. The Balaban J connectivity index is 2.80. The summed E-state index contributed by atoms with van der Waals surface area (Å²) in [7, 11) is 0. The van der Waals surface area contributed by atoms with Crippen LogP contribution < -0.4 is 4.74 Å². The standard InChI is InChI=1S/C10H12BrNO3/c1-2-3-7-15-9-6-4-5-8(10(9)11)12(13)14/h4-6H,2-3,7H2,1H3. The van der Waals surface area contributed by atoms with Crippen molar-refractivity contribution in [3.8, 4) is 5.75 Å². The van der Waals surface area contributed by atoms with Crippen LogP contribution in [0, 0.1) is 10.1 Å². The van der Waals surface area contributed by atoms with Gasteiger partial charge in [0.1, 0.15) is 10.2 Å². The lowest BCUT2D eigenvalue weighted by Crippen LogP contribution is -1.98. The highest BCUT2D eigenvalue weighted by molar-refractivity contribution is 9.10. The van der Waals surface area contributed by atoms with Crippen LogP contribution in [0.25, 0.3) is 0 Å². The van der Waals surface area contributed by atoms with E-state index in [1.165, 1.54) is 6.07 Å². The molecule has 1 aromatic rings. The van der Waals surface area contributed by atoms with Gasteiger partial charge in [-0.25, -0.2) is 0 Å². The first-order chi connectivity index (χ1) is 7.16. The predicted octanol–water partition coefficient (Wildman–Crippen LogP) is 3.54. The monoisotopic (exact) mass is 273 g/mol. The summed E-state index contributed by atoms with van der Waals surface area (Å²) in [5.41, 5.74) is 0.0315. The molecule has 0 radical (unpaired) electrons. The van der Waals surface area contributed by atoms with E-state index in [0.717, 1.165) is 12.8 Å². The topological polar surface area (TPSA) is 52.4 Å². The first-order valence-corrected chi connectivity index (χ1v) is 5.51. The SMILES string of the molecule is CCCCOc1cccc([N+](=O)[O-])c1Br. The minimum absolute atomic E-state index is 0.0315. The highest BCUT2D eigenvalue weighted by Crippen LogP contribution is 2.33. The van der Waals surface area contributed by atoms with Crippen molar-refractivity contribution in [1.29, 1.82) is 0 Å². The van der Waals surface area contributed by atoms with Crippen molar-refractivity contribution in [2.75, 3.05) is 6.61 Å². The molecule has 0 N–H and O–H groups in total. The van der Waals surface area contributed by atoms with Crippen LogP contribution in [0.5, 0.6) is 5.75 Å². The largest absolute Gasteiger partial charge is 0.492 e. The fraction of sp³-hybridized carbons (Fsp3) is 0.400. The van der Waals surface area contributed by atoms with Gasteiger partial charge in [-0.2, -0.15) is 0 Å². The Labute approximate surface area is 96.5 Å². The molecule has 0 saturated heterocycles. The Kier molecular flexibility index (Phi) is 4.55. The van der Waals surface area contributed by atoms with E-state index in [-0.39, 0.29) is 5.69 Å². The van der Waals surface area contributed by atoms with Crippen LogP contribution in [0.1, 0.15) is 19.8 Å². The van der Waals surface area contributed by atoms with Gasteiger partial charge >= 0.3 is 0 Å². The minimum Gasteiger partial charge on any atom is -0.492 e. The number of benzene rings is 1. The normalized spacial score (nSPS) is 10.0. The van der Waals surface area contributed by atoms with Crippen molar-refractivity contribution >= 4 is 21.6 Å². The molecule has 0 spiro atoms. The van der Waals surface area contributed by atoms with Crippen molar-refractivity contribution in [3.05, 3.63) is 32.8 Å². The van der Waals surface area contributed by atoms with Crippen molar-refractivity contribution in [2.45, 2.75) is 19.8 Å². The Morgan fingerprint density at radius 3 is 2.87 bits per heavy atom. The van der Waals surface area contributed by atoms with Crippen LogP contribution in [0.3, 0.4) is 0 Å². The number of ether oxygens (including phenoxy) is 1. The van der Waals surface area contributed by atoms with E-state index in [1.807, 2.05) is 0 Å². The molecule has 0 aliphatic rings. The quantitative estimate of drug-likeness (QED) is 0.469. The molecule has 1 aromatic carbocycles. The Morgan fingerprint density at radius 1 is 1.53 bits per heavy atom. The van der Waals surface area contributed by atoms with Gasteiger partial charge in [-0.15, -0.1) is 0 Å². The molecule has 0 aliphatic heterocycles. The van der Waals surface area contributed by atoms with Gasteiger partial charge in [0.15, 0.2) is 0 Å². The number of halogens is 1. The molecule has 15 heavy (non-hydrogen) atoms. The number of nitro benzene ring substituents is 1. The van der Waals surface area contributed by atoms with Crippen molar-refractivity contribution in [2.24, 2.45) is 0 Å². The maximum absolute atomic E-state index is 10.6. The van der Waals surface area contributed by atoms with E-state index in [0.29, 0.717) is 16.8 Å². The van der Waals surface area contributed by atoms with Crippen LogP contribution in [-0.2, 0) is 0 Å². The van der Waals surface area contributed by atoms with Gasteiger partial charge in [-0.05, 0) is 28.4 Å². The lowest BCUT2D eigenvalue weighted by molar-refractivity contribution is -0.385. The molecule has 82 valence electrons. The van der Waals surface area contributed by atoms with E-state index in [2.05, 4.69) is 22.9 Å². The molecule has 0 saturated carbocycles. The van der Waals surface area contributed by atoms with Gasteiger partial charge < -0.3 is 4.74 Å². The summed E-state index contributed by atoms with van der Waals surface area (Å²) in [6, 6.07) is 4.77. The fourth-order valence-electron chi connectivity index (χ4n) is 1.08. The minimum atomic E-state index is -0.434. The third kappa shape index (κ3) is 3.20. The van der Waals surface area contributed by atoms with Crippen molar-refractivity contribution < 1.29 is 9.66 Å². The third-order valence-electron chi connectivity index (χ3n) is 1.90. The van der Waals surface area contributed by atoms with Crippen LogP contribution in [0.4, 0.5) is 5.69 Å². The zero-order valence-electron chi connectivity index (χ0n) is 8.40. The van der Waals surface area contributed by atoms with Crippen LogP contribution in [0.2, 0.25) is 0 Å². The molecule has 0 unspecified atom stereocenters. The molecule has 0 amide bonds. The van der Waals surface area contributed by atoms with Gasteiger partial charge in [-0.3, -0.25) is 10.1 Å². The van der Waals surface area contributed by atoms with Gasteiger partial charge in [0.25, 0.3) is 5.69 Å². The number of hydrogen-bond donors (Lipinski definition) is 0. The summed E-state index contributed by atoms with van der Waals surface area (Å²) in [4.78, 5) is 10.2. The van der Waals surface area contributed by atoms with E-state index in [9.17, 15) is 10.1 Å². The second kappa shape index (κ2) is 5.70. The maximum atomic E-state index is 10.6. The molecule has 5 heteroatoms. The highest BCUT2D eigenvalue weighted by atomic mass is 79.9. The zero-order valence-corrected chi connectivity index (χ0v) is 9.99. The van der Waals surface area contributed by atoms with E-state index in [4.69, 9.17) is 4.74 Å². The molecule has 0 fully saturated rings. The molecule has 0 aliphatic carbocycles. The predicted molar refractivity (Wildman–Crippen MR) is 61.2 cm³/mol. The number of unbranched alkanes of at least 4 members (excludes halogenated alkanes) is 1. The van der Waals surface area contributed by atoms with E-state index >= 15 is 0 Å². The van der Waals surface area contributed by atoms with Gasteiger partial charge in [0.05, 0.1) is 11.5 Å². The first-order valence-electron chi connectivity index (χ1n) is 4.72. The Morgan fingerprint density at radius 2 is 2.27 bits per heavy atom. The van der Waals surface area contributed by atoms with Crippen molar-refractivity contribution in [3.63, 3.8) is 0 Å². The summed E-state index contributed by atoms with van der Waals surface area (Å²) < 4.78 is 5.83. The average molecular weight is 274 g/mol. The van der Waals surface area contributed by atoms with Gasteiger partial charge in [0, 0.05) is 6.07 Å². The molecule has 1 rings (SSSR count). The number of rotatable bonds is 5. The molecule has 0 bridgehead atoms. The van der Waals surface area contributed by atoms with E-state index < -0.39 is 4.92 Å². The zero-order chi connectivity index (χ0) is 11.3. The Hall–Kier alpha value is -1.10. The van der Waals surface area contributed by atoms with Crippen LogP contribution >= 0.6 is 15.9 Å². The summed E-state index contributed by atoms with van der Waals surface area (Å²) in [6.07, 6.45) is 1.97. The van der Waals surface area contributed by atoms with Crippen LogP contribution in [-0.4, -0.2) is 11.5 Å². The third-order valence-corrected chi connectivity index (χ3v) is 2.69. The first kappa shape index (κ1) is 12.0. The Bertz CT molecular complexity index is 355. The number of nitro groups is 1. The molecular formula is C10H12BrNO3.